The summed E-state index contributed by atoms with van der Waals surface area (Å²) in [6.07, 6.45) is -0.639. The van der Waals surface area contributed by atoms with E-state index in [1.165, 1.54) is 0 Å². The minimum absolute atomic E-state index is 0.0123. The van der Waals surface area contributed by atoms with Gasteiger partial charge in [0.1, 0.15) is 12.1 Å². The summed E-state index contributed by atoms with van der Waals surface area (Å²) in [5.41, 5.74) is 15.9. The molecule has 0 aliphatic carbocycles. The molecular weight excluding hydrogens is 586 g/mol. The third kappa shape index (κ3) is 22.2. The van der Waals surface area contributed by atoms with Gasteiger partial charge in [-0.25, -0.2) is 4.79 Å². The summed E-state index contributed by atoms with van der Waals surface area (Å²) < 4.78 is 0. The van der Waals surface area contributed by atoms with Crippen LogP contribution in [0.5, 0.6) is 0 Å². The number of carboxylic acid groups (broad SMARTS) is 3. The minimum Gasteiger partial charge on any atom is -0.481 e. The first kappa shape index (κ1) is 39.5. The lowest BCUT2D eigenvalue weighted by Gasteiger charge is -2.19. The van der Waals surface area contributed by atoms with Gasteiger partial charge in [0, 0.05) is 19.2 Å². The van der Waals surface area contributed by atoms with Crippen molar-refractivity contribution in [3.05, 3.63) is 0 Å². The van der Waals surface area contributed by atoms with E-state index in [1.807, 2.05) is 5.32 Å². The fourth-order valence-electron chi connectivity index (χ4n) is 2.55. The molecule has 21 heteroatoms. The van der Waals surface area contributed by atoms with Crippen LogP contribution in [0, 0.1) is 0 Å². The SMILES string of the molecule is CC(=O)O.NC(N)=NCCC[C@H](NC(=O)CNC(=O)CNC(=O)[C@@H](N)CS)C(=O)NCC(=O)N[C@@H](CC(=O)O)C(=O)O. The second-order valence-corrected chi connectivity index (χ2v) is 8.51. The molecular formula is C21H37N9O11S. The van der Waals surface area contributed by atoms with Crippen LogP contribution in [-0.4, -0.2) is 119 Å². The van der Waals surface area contributed by atoms with Gasteiger partial charge in [0.2, 0.25) is 29.5 Å². The van der Waals surface area contributed by atoms with Gasteiger partial charge in [0.15, 0.2) is 5.96 Å². The molecule has 238 valence electrons. The van der Waals surface area contributed by atoms with Gasteiger partial charge >= 0.3 is 11.9 Å². The molecule has 0 radical (unpaired) electrons. The minimum atomic E-state index is -1.71. The first-order chi connectivity index (χ1) is 19.5. The third-order valence-corrected chi connectivity index (χ3v) is 4.83. The zero-order chi connectivity index (χ0) is 32.8. The first-order valence-corrected chi connectivity index (χ1v) is 12.6. The number of hydrogen-bond donors (Lipinski definition) is 12. The average Bonchev–Trinajstić information content (AvgIpc) is 2.89. The monoisotopic (exact) mass is 623 g/mol. The first-order valence-electron chi connectivity index (χ1n) is 12.0. The molecule has 0 aromatic heterocycles. The summed E-state index contributed by atoms with van der Waals surface area (Å²) in [5, 5.41) is 36.1. The Morgan fingerprint density at radius 2 is 1.26 bits per heavy atom. The quantitative estimate of drug-likeness (QED) is 0.0293. The van der Waals surface area contributed by atoms with E-state index in [0.717, 1.165) is 6.92 Å². The van der Waals surface area contributed by atoms with Gasteiger partial charge in [0.05, 0.1) is 32.1 Å². The van der Waals surface area contributed by atoms with Gasteiger partial charge in [-0.15, -0.1) is 0 Å². The van der Waals surface area contributed by atoms with Crippen molar-refractivity contribution in [2.24, 2.45) is 22.2 Å². The predicted octanol–water partition coefficient (Wildman–Crippen LogP) is -5.73. The summed E-state index contributed by atoms with van der Waals surface area (Å²) in [6.45, 7) is -0.526. The maximum atomic E-state index is 12.6. The molecule has 0 aliphatic heterocycles. The van der Waals surface area contributed by atoms with Crippen LogP contribution >= 0.6 is 12.6 Å². The van der Waals surface area contributed by atoms with Crippen molar-refractivity contribution in [3.63, 3.8) is 0 Å². The smallest absolute Gasteiger partial charge is 0.326 e. The molecule has 0 bridgehead atoms. The van der Waals surface area contributed by atoms with Gasteiger partial charge in [0.25, 0.3) is 5.97 Å². The molecule has 0 aliphatic rings. The van der Waals surface area contributed by atoms with E-state index in [4.69, 9.17) is 37.3 Å². The molecule has 0 saturated carbocycles. The number of thiol groups is 1. The van der Waals surface area contributed by atoms with E-state index >= 15 is 0 Å². The molecule has 0 fully saturated rings. The van der Waals surface area contributed by atoms with E-state index in [2.05, 4.69) is 38.9 Å². The number of nitrogens with two attached hydrogens (primary N) is 3. The topological polar surface area (TPSA) is 348 Å². The molecule has 0 aromatic rings. The van der Waals surface area contributed by atoms with E-state index < -0.39 is 91.6 Å². The number of aliphatic imine (C=N–C) groups is 1. The van der Waals surface area contributed by atoms with Crippen molar-refractivity contribution in [1.29, 1.82) is 0 Å². The molecule has 14 N–H and O–H groups in total. The number of amides is 5. The van der Waals surface area contributed by atoms with Crippen LogP contribution in [0.15, 0.2) is 4.99 Å². The lowest BCUT2D eigenvalue weighted by molar-refractivity contribution is -0.147. The summed E-state index contributed by atoms with van der Waals surface area (Å²) in [7, 11) is 0. The largest absolute Gasteiger partial charge is 0.481 e. The Bertz CT molecular complexity index is 1000. The Hall–Kier alpha value is -4.66. The van der Waals surface area contributed by atoms with Crippen LogP contribution in [0.2, 0.25) is 0 Å². The number of carbonyl (C=O) groups is 8. The number of nitrogens with one attached hydrogen (secondary N) is 5. The molecule has 0 saturated heterocycles. The summed E-state index contributed by atoms with van der Waals surface area (Å²) in [5.74, 6) is -7.91. The van der Waals surface area contributed by atoms with E-state index in [0.29, 0.717) is 0 Å². The molecule has 3 atom stereocenters. The number of nitrogens with zero attached hydrogens (tertiary/aromatic N) is 1. The van der Waals surface area contributed by atoms with Crippen LogP contribution in [0.4, 0.5) is 0 Å². The van der Waals surface area contributed by atoms with E-state index in [-0.39, 0.29) is 31.1 Å². The highest BCUT2D eigenvalue weighted by Crippen LogP contribution is 1.99. The number of carbonyl (C=O) groups excluding carboxylic acids is 5. The highest BCUT2D eigenvalue weighted by atomic mass is 32.1. The zero-order valence-corrected chi connectivity index (χ0v) is 23.5. The Kier molecular flexibility index (Phi) is 20.8. The fraction of sp³-hybridized carbons (Fsp3) is 0.571. The van der Waals surface area contributed by atoms with Gasteiger partial charge in [-0.3, -0.25) is 38.6 Å². The highest BCUT2D eigenvalue weighted by Gasteiger charge is 2.25. The average molecular weight is 624 g/mol. The van der Waals surface area contributed by atoms with Gasteiger partial charge < -0.3 is 59.1 Å². The lowest BCUT2D eigenvalue weighted by atomic mass is 10.1. The Morgan fingerprint density at radius 3 is 1.74 bits per heavy atom. The number of aliphatic carboxylic acids is 3. The van der Waals surface area contributed by atoms with Crippen molar-refractivity contribution < 1.29 is 53.7 Å². The molecule has 5 amide bonds. The number of guanidine groups is 1. The van der Waals surface area contributed by atoms with E-state index in [9.17, 15) is 33.6 Å². The van der Waals surface area contributed by atoms with Crippen LogP contribution in [0.3, 0.4) is 0 Å². The third-order valence-electron chi connectivity index (χ3n) is 4.43. The number of rotatable bonds is 18. The lowest BCUT2D eigenvalue weighted by Crippen LogP contribution is -2.52. The molecule has 0 aromatic carbocycles. The van der Waals surface area contributed by atoms with Gasteiger partial charge in [-0.1, -0.05) is 0 Å². The predicted molar refractivity (Wildman–Crippen MR) is 148 cm³/mol. The number of carboxylic acids is 3. The van der Waals surface area contributed by atoms with Crippen molar-refractivity contribution in [2.75, 3.05) is 31.9 Å². The summed E-state index contributed by atoms with van der Waals surface area (Å²) in [6, 6.07) is -3.83. The normalized spacial score (nSPS) is 12.0. The highest BCUT2D eigenvalue weighted by molar-refractivity contribution is 7.80. The second kappa shape index (κ2) is 22.1. The Morgan fingerprint density at radius 1 is 0.786 bits per heavy atom. The molecule has 0 unspecified atom stereocenters. The standard InChI is InChI=1S/C19H33N9O9S.C2H4O2/c20-9(8-38)16(34)25-5-12(29)24-6-13(30)27-10(2-1-3-23-19(21)22)17(35)26-7-14(31)28-11(18(36)37)4-15(32)33;1-2(3)4/h9-11,38H,1-8,20H2,(H,24,29)(H,25,34)(H,26,35)(H,27,30)(H,28,31)(H,32,33)(H,36,37)(H4,21,22,23);1H3,(H,3,4)/t9-,10-,11-;/m0./s1. The van der Waals surface area contributed by atoms with E-state index in [1.54, 1.807) is 0 Å². The Balaban J connectivity index is 0. The maximum absolute atomic E-state index is 12.6. The summed E-state index contributed by atoms with van der Waals surface area (Å²) >= 11 is 3.86. The van der Waals surface area contributed by atoms with Crippen LogP contribution in [0.25, 0.3) is 0 Å². The molecule has 0 spiro atoms. The maximum Gasteiger partial charge on any atom is 0.326 e. The van der Waals surface area contributed by atoms with Crippen molar-refractivity contribution in [3.8, 4) is 0 Å². The van der Waals surface area contributed by atoms with Crippen molar-refractivity contribution in [2.45, 2.75) is 44.3 Å². The molecule has 42 heavy (non-hydrogen) atoms. The van der Waals surface area contributed by atoms with Crippen molar-refractivity contribution >= 4 is 66.0 Å². The van der Waals surface area contributed by atoms with Gasteiger partial charge in [-0.2, -0.15) is 12.6 Å². The number of hydrogen-bond acceptors (Lipinski definition) is 11. The molecule has 0 rings (SSSR count). The summed E-state index contributed by atoms with van der Waals surface area (Å²) in [4.78, 5) is 94.7. The molecule has 20 nitrogen and oxygen atoms in total. The van der Waals surface area contributed by atoms with Gasteiger partial charge in [-0.05, 0) is 12.8 Å². The van der Waals surface area contributed by atoms with Crippen molar-refractivity contribution in [1.82, 2.24) is 26.6 Å². The van der Waals surface area contributed by atoms with Crippen LogP contribution in [-0.2, 0) is 38.4 Å². The molecule has 0 heterocycles. The second-order valence-electron chi connectivity index (χ2n) is 8.15. The Labute approximate surface area is 245 Å². The van der Waals surface area contributed by atoms with Crippen LogP contribution < -0.4 is 43.8 Å². The zero-order valence-electron chi connectivity index (χ0n) is 22.6. The fourth-order valence-corrected chi connectivity index (χ4v) is 2.72. The van der Waals surface area contributed by atoms with Crippen LogP contribution in [0.1, 0.15) is 26.2 Å².